The second-order valence-electron chi connectivity index (χ2n) is 5.70. The smallest absolute Gasteiger partial charge is 0.126 e. The molecule has 3 heteroatoms. The van der Waals surface area contributed by atoms with Crippen molar-refractivity contribution in [2.75, 3.05) is 0 Å². The minimum absolute atomic E-state index is 0.00762. The van der Waals surface area contributed by atoms with E-state index in [2.05, 4.69) is 24.3 Å². The molecule has 2 aromatic rings. The highest BCUT2D eigenvalue weighted by Gasteiger charge is 2.30. The zero-order chi connectivity index (χ0) is 14.7. The molecule has 0 amide bonds. The van der Waals surface area contributed by atoms with Gasteiger partial charge < -0.3 is 10.5 Å². The maximum atomic E-state index is 13.2. The second kappa shape index (κ2) is 6.27. The molecule has 1 fully saturated rings. The van der Waals surface area contributed by atoms with Gasteiger partial charge in [0.1, 0.15) is 17.7 Å². The summed E-state index contributed by atoms with van der Waals surface area (Å²) in [7, 11) is 0. The molecule has 0 bridgehead atoms. The Balaban J connectivity index is 1.72. The van der Waals surface area contributed by atoms with Crippen molar-refractivity contribution >= 4 is 0 Å². The van der Waals surface area contributed by atoms with Gasteiger partial charge in [0.05, 0.1) is 0 Å². The molecular weight excluding hydrogens is 265 g/mol. The van der Waals surface area contributed by atoms with Gasteiger partial charge in [-0.25, -0.2) is 4.39 Å². The van der Waals surface area contributed by atoms with Crippen LogP contribution in [0.4, 0.5) is 4.39 Å². The molecule has 0 saturated heterocycles. The topological polar surface area (TPSA) is 35.2 Å². The van der Waals surface area contributed by atoms with Crippen LogP contribution in [0.1, 0.15) is 30.7 Å². The molecular formula is C18H20FNO. The molecule has 0 aliphatic heterocycles. The van der Waals surface area contributed by atoms with Gasteiger partial charge in [0.2, 0.25) is 0 Å². The van der Waals surface area contributed by atoms with Crippen LogP contribution in [0.15, 0.2) is 54.6 Å². The van der Waals surface area contributed by atoms with E-state index < -0.39 is 0 Å². The number of benzene rings is 2. The quantitative estimate of drug-likeness (QED) is 0.929. The Hall–Kier alpha value is -1.87. The van der Waals surface area contributed by atoms with Crippen molar-refractivity contribution in [1.29, 1.82) is 0 Å². The molecule has 21 heavy (non-hydrogen) atoms. The Morgan fingerprint density at radius 2 is 1.81 bits per heavy atom. The van der Waals surface area contributed by atoms with Gasteiger partial charge in [-0.3, -0.25) is 0 Å². The van der Waals surface area contributed by atoms with E-state index in [1.165, 1.54) is 17.7 Å². The van der Waals surface area contributed by atoms with Crippen molar-refractivity contribution < 1.29 is 9.13 Å². The Bertz CT molecular complexity index is 587. The van der Waals surface area contributed by atoms with Crippen molar-refractivity contribution in [3.05, 3.63) is 66.0 Å². The van der Waals surface area contributed by atoms with Crippen molar-refractivity contribution in [1.82, 2.24) is 0 Å². The summed E-state index contributed by atoms with van der Waals surface area (Å²) in [6, 6.07) is 16.7. The predicted molar refractivity (Wildman–Crippen MR) is 81.8 cm³/mol. The molecule has 3 rings (SSSR count). The van der Waals surface area contributed by atoms with Crippen molar-refractivity contribution in [2.45, 2.75) is 37.3 Å². The van der Waals surface area contributed by atoms with Gasteiger partial charge >= 0.3 is 0 Å². The highest BCUT2D eigenvalue weighted by Crippen LogP contribution is 2.34. The van der Waals surface area contributed by atoms with Crippen LogP contribution < -0.4 is 10.5 Å². The summed E-state index contributed by atoms with van der Waals surface area (Å²) in [5.74, 6) is 0.741. The average molecular weight is 285 g/mol. The third-order valence-electron chi connectivity index (χ3n) is 4.20. The standard InChI is InChI=1S/C18H20FNO/c19-15-7-4-8-16(12-15)21-18-11-14(9-10-17(18)20)13-5-2-1-3-6-13/h1-8,12,14,17-18H,9-11,20H2. The van der Waals surface area contributed by atoms with E-state index in [1.54, 1.807) is 12.1 Å². The molecule has 2 nitrogen and oxygen atoms in total. The summed E-state index contributed by atoms with van der Waals surface area (Å²) in [4.78, 5) is 0. The Labute approximate surface area is 124 Å². The maximum Gasteiger partial charge on any atom is 0.126 e. The molecule has 1 saturated carbocycles. The molecule has 0 heterocycles. The molecule has 3 atom stereocenters. The number of hydrogen-bond donors (Lipinski definition) is 1. The van der Waals surface area contributed by atoms with Gasteiger partial charge in [0.25, 0.3) is 0 Å². The zero-order valence-electron chi connectivity index (χ0n) is 11.9. The number of nitrogens with two attached hydrogens (primary N) is 1. The van der Waals surface area contributed by atoms with Crippen LogP contribution in [0.25, 0.3) is 0 Å². The fourth-order valence-corrected chi connectivity index (χ4v) is 3.03. The van der Waals surface area contributed by atoms with E-state index in [-0.39, 0.29) is 18.0 Å². The molecule has 0 radical (unpaired) electrons. The lowest BCUT2D eigenvalue weighted by atomic mass is 9.80. The molecule has 1 aliphatic rings. The van der Waals surface area contributed by atoms with E-state index in [1.807, 2.05) is 6.07 Å². The van der Waals surface area contributed by atoms with E-state index >= 15 is 0 Å². The summed E-state index contributed by atoms with van der Waals surface area (Å²) in [6.07, 6.45) is 2.82. The second-order valence-corrected chi connectivity index (χ2v) is 5.70. The summed E-state index contributed by atoms with van der Waals surface area (Å²) >= 11 is 0. The molecule has 110 valence electrons. The Morgan fingerprint density at radius 3 is 2.57 bits per heavy atom. The van der Waals surface area contributed by atoms with Gasteiger partial charge in [0.15, 0.2) is 0 Å². The summed E-state index contributed by atoms with van der Waals surface area (Å²) < 4.78 is 19.2. The zero-order valence-corrected chi connectivity index (χ0v) is 11.9. The highest BCUT2D eigenvalue weighted by atomic mass is 19.1. The lowest BCUT2D eigenvalue weighted by Gasteiger charge is -2.34. The van der Waals surface area contributed by atoms with Crippen LogP contribution in [-0.4, -0.2) is 12.1 Å². The first kappa shape index (κ1) is 14.1. The molecule has 2 N–H and O–H groups in total. The van der Waals surface area contributed by atoms with Crippen LogP contribution in [0.2, 0.25) is 0 Å². The van der Waals surface area contributed by atoms with Crippen LogP contribution in [-0.2, 0) is 0 Å². The lowest BCUT2D eigenvalue weighted by molar-refractivity contribution is 0.121. The van der Waals surface area contributed by atoms with E-state index in [0.717, 1.165) is 19.3 Å². The van der Waals surface area contributed by atoms with Crippen molar-refractivity contribution in [2.24, 2.45) is 5.73 Å². The van der Waals surface area contributed by atoms with Gasteiger partial charge in [0, 0.05) is 12.1 Å². The largest absolute Gasteiger partial charge is 0.489 e. The Kier molecular flexibility index (Phi) is 4.20. The Morgan fingerprint density at radius 1 is 1.00 bits per heavy atom. The minimum Gasteiger partial charge on any atom is -0.489 e. The van der Waals surface area contributed by atoms with Crippen LogP contribution in [0.3, 0.4) is 0 Å². The highest BCUT2D eigenvalue weighted by molar-refractivity contribution is 5.24. The van der Waals surface area contributed by atoms with Gasteiger partial charge in [-0.1, -0.05) is 36.4 Å². The fraction of sp³-hybridized carbons (Fsp3) is 0.333. The van der Waals surface area contributed by atoms with Gasteiger partial charge in [-0.15, -0.1) is 0 Å². The number of ether oxygens (including phenoxy) is 1. The summed E-state index contributed by atoms with van der Waals surface area (Å²) in [5.41, 5.74) is 7.52. The molecule has 2 aromatic carbocycles. The molecule has 0 aromatic heterocycles. The van der Waals surface area contributed by atoms with Crippen LogP contribution >= 0.6 is 0 Å². The molecule has 1 aliphatic carbocycles. The third-order valence-corrected chi connectivity index (χ3v) is 4.20. The van der Waals surface area contributed by atoms with Crippen LogP contribution in [0, 0.1) is 5.82 Å². The van der Waals surface area contributed by atoms with Crippen molar-refractivity contribution in [3.8, 4) is 5.75 Å². The first-order chi connectivity index (χ1) is 10.2. The summed E-state index contributed by atoms with van der Waals surface area (Å²) in [6.45, 7) is 0. The number of hydrogen-bond acceptors (Lipinski definition) is 2. The van der Waals surface area contributed by atoms with E-state index in [9.17, 15) is 4.39 Å². The molecule has 0 spiro atoms. The minimum atomic E-state index is -0.281. The van der Waals surface area contributed by atoms with Gasteiger partial charge in [-0.2, -0.15) is 0 Å². The third kappa shape index (κ3) is 3.42. The van der Waals surface area contributed by atoms with Gasteiger partial charge in [-0.05, 0) is 42.9 Å². The maximum absolute atomic E-state index is 13.2. The number of rotatable bonds is 3. The molecule has 3 unspecified atom stereocenters. The summed E-state index contributed by atoms with van der Waals surface area (Å²) in [5, 5.41) is 0. The van der Waals surface area contributed by atoms with Crippen LogP contribution in [0.5, 0.6) is 5.75 Å². The van der Waals surface area contributed by atoms with Crippen molar-refractivity contribution in [3.63, 3.8) is 0 Å². The van der Waals surface area contributed by atoms with E-state index in [4.69, 9.17) is 10.5 Å². The SMILES string of the molecule is NC1CCC(c2ccccc2)CC1Oc1cccc(F)c1. The average Bonchev–Trinajstić information content (AvgIpc) is 2.50. The van der Waals surface area contributed by atoms with E-state index in [0.29, 0.717) is 11.7 Å². The first-order valence-electron chi connectivity index (χ1n) is 7.45. The lowest BCUT2D eigenvalue weighted by Crippen LogP contribution is -2.43. The number of halogens is 1. The normalized spacial score (nSPS) is 25.5. The first-order valence-corrected chi connectivity index (χ1v) is 7.45. The predicted octanol–water partition coefficient (Wildman–Crippen LogP) is 3.87. The monoisotopic (exact) mass is 285 g/mol. The fourth-order valence-electron chi connectivity index (χ4n) is 3.03.